The molecule has 4 heteroatoms. The van der Waals surface area contributed by atoms with E-state index in [2.05, 4.69) is 75.6 Å². The highest BCUT2D eigenvalue weighted by Gasteiger charge is 2.10. The molecule has 0 aliphatic rings. The Hall–Kier alpha value is -3.92. The molecule has 5 rings (SSSR count). The summed E-state index contributed by atoms with van der Waals surface area (Å²) in [6.07, 6.45) is 4.87. The van der Waals surface area contributed by atoms with Crippen LogP contribution in [0.25, 0.3) is 22.6 Å². The fourth-order valence-corrected chi connectivity index (χ4v) is 3.89. The maximum atomic E-state index is 6.18. The SMILES string of the molecule is c1ccc(CCCc2cc(OCc3ccccc3)cc(-c3nc4ncccc4[nH]3)c2)cc1. The van der Waals surface area contributed by atoms with E-state index >= 15 is 0 Å². The van der Waals surface area contributed by atoms with Crippen LogP contribution in [0, 0.1) is 0 Å². The first-order valence-electron chi connectivity index (χ1n) is 11.0. The van der Waals surface area contributed by atoms with Gasteiger partial charge in [-0.15, -0.1) is 0 Å². The van der Waals surface area contributed by atoms with Crippen LogP contribution in [0.5, 0.6) is 5.75 Å². The van der Waals surface area contributed by atoms with Gasteiger partial charge in [0.15, 0.2) is 5.65 Å². The molecule has 4 nitrogen and oxygen atoms in total. The predicted octanol–water partition coefficient (Wildman–Crippen LogP) is 6.38. The monoisotopic (exact) mass is 419 g/mol. The molecule has 158 valence electrons. The van der Waals surface area contributed by atoms with E-state index in [-0.39, 0.29) is 0 Å². The molecule has 0 amide bonds. The number of hydrogen-bond donors (Lipinski definition) is 1. The van der Waals surface area contributed by atoms with E-state index < -0.39 is 0 Å². The van der Waals surface area contributed by atoms with E-state index in [1.54, 1.807) is 6.20 Å². The zero-order valence-electron chi connectivity index (χ0n) is 17.9. The molecule has 0 atom stereocenters. The van der Waals surface area contributed by atoms with E-state index in [0.717, 1.165) is 53.1 Å². The molecule has 0 aliphatic heterocycles. The fraction of sp³-hybridized carbons (Fsp3) is 0.143. The van der Waals surface area contributed by atoms with Crippen molar-refractivity contribution >= 4 is 11.2 Å². The van der Waals surface area contributed by atoms with Crippen LogP contribution in [0.1, 0.15) is 23.1 Å². The van der Waals surface area contributed by atoms with Crippen molar-refractivity contribution in [3.05, 3.63) is 114 Å². The van der Waals surface area contributed by atoms with Crippen LogP contribution in [0.4, 0.5) is 0 Å². The van der Waals surface area contributed by atoms with Gasteiger partial charge in [-0.05, 0) is 66.3 Å². The summed E-state index contributed by atoms with van der Waals surface area (Å²) in [6, 6.07) is 31.2. The number of aromatic nitrogens is 3. The number of H-pyrrole nitrogens is 1. The highest BCUT2D eigenvalue weighted by molar-refractivity contribution is 5.76. The zero-order valence-corrected chi connectivity index (χ0v) is 17.9. The van der Waals surface area contributed by atoms with Gasteiger partial charge in [-0.25, -0.2) is 9.97 Å². The number of hydrogen-bond acceptors (Lipinski definition) is 3. The number of rotatable bonds is 8. The van der Waals surface area contributed by atoms with Gasteiger partial charge in [-0.3, -0.25) is 0 Å². The topological polar surface area (TPSA) is 50.8 Å². The van der Waals surface area contributed by atoms with E-state index in [1.165, 1.54) is 11.1 Å². The molecule has 0 radical (unpaired) electrons. The summed E-state index contributed by atoms with van der Waals surface area (Å²) in [6.45, 7) is 0.537. The molecule has 0 unspecified atom stereocenters. The number of nitrogens with zero attached hydrogens (tertiary/aromatic N) is 2. The molecule has 1 N–H and O–H groups in total. The van der Waals surface area contributed by atoms with Gasteiger partial charge in [0.2, 0.25) is 0 Å². The minimum Gasteiger partial charge on any atom is -0.489 e. The first kappa shape index (κ1) is 20.0. The summed E-state index contributed by atoms with van der Waals surface area (Å²) >= 11 is 0. The Morgan fingerprint density at radius 2 is 1.47 bits per heavy atom. The zero-order chi connectivity index (χ0) is 21.6. The van der Waals surface area contributed by atoms with Crippen molar-refractivity contribution in [3.8, 4) is 17.1 Å². The molecule has 0 fully saturated rings. The van der Waals surface area contributed by atoms with Gasteiger partial charge >= 0.3 is 0 Å². The normalized spacial score (nSPS) is 11.0. The number of aromatic amines is 1. The number of aryl methyl sites for hydroxylation is 2. The highest BCUT2D eigenvalue weighted by atomic mass is 16.5. The Balaban J connectivity index is 1.39. The van der Waals surface area contributed by atoms with Gasteiger partial charge in [-0.1, -0.05) is 60.7 Å². The molecule has 0 saturated heterocycles. The van der Waals surface area contributed by atoms with Gasteiger partial charge in [-0.2, -0.15) is 0 Å². The third-order valence-corrected chi connectivity index (χ3v) is 5.52. The van der Waals surface area contributed by atoms with E-state index in [9.17, 15) is 0 Å². The van der Waals surface area contributed by atoms with Crippen LogP contribution in [-0.2, 0) is 19.4 Å². The third-order valence-electron chi connectivity index (χ3n) is 5.52. The van der Waals surface area contributed by atoms with E-state index in [0.29, 0.717) is 6.61 Å². The minimum absolute atomic E-state index is 0.537. The third kappa shape index (κ3) is 4.86. The molecular weight excluding hydrogens is 394 g/mol. The second-order valence-corrected chi connectivity index (χ2v) is 7.94. The number of nitrogens with one attached hydrogen (secondary N) is 1. The first-order valence-corrected chi connectivity index (χ1v) is 11.0. The molecule has 32 heavy (non-hydrogen) atoms. The van der Waals surface area contributed by atoms with Crippen molar-refractivity contribution in [2.45, 2.75) is 25.9 Å². The molecule has 5 aromatic rings. The molecule has 3 aromatic carbocycles. The number of imidazole rings is 1. The van der Waals surface area contributed by atoms with E-state index in [4.69, 9.17) is 4.74 Å². The molecule has 0 spiro atoms. The Kier molecular flexibility index (Phi) is 5.93. The smallest absolute Gasteiger partial charge is 0.178 e. The summed E-state index contributed by atoms with van der Waals surface area (Å²) in [5.41, 5.74) is 6.44. The Labute approximate surface area is 188 Å². The van der Waals surface area contributed by atoms with Crippen LogP contribution in [0.15, 0.2) is 97.2 Å². The van der Waals surface area contributed by atoms with Crippen LogP contribution in [0.3, 0.4) is 0 Å². The number of pyridine rings is 1. The van der Waals surface area contributed by atoms with E-state index in [1.807, 2.05) is 30.3 Å². The lowest BCUT2D eigenvalue weighted by molar-refractivity contribution is 0.306. The maximum Gasteiger partial charge on any atom is 0.178 e. The molecule has 2 heterocycles. The van der Waals surface area contributed by atoms with Crippen molar-refractivity contribution in [1.29, 1.82) is 0 Å². The van der Waals surface area contributed by atoms with Crippen molar-refractivity contribution in [1.82, 2.24) is 15.0 Å². The maximum absolute atomic E-state index is 6.18. The minimum atomic E-state index is 0.537. The summed E-state index contributed by atoms with van der Waals surface area (Å²) in [7, 11) is 0. The second-order valence-electron chi connectivity index (χ2n) is 7.94. The average molecular weight is 420 g/mol. The lowest BCUT2D eigenvalue weighted by Crippen LogP contribution is -1.98. The molecular formula is C28H25N3O. The molecule has 0 aliphatic carbocycles. The van der Waals surface area contributed by atoms with Gasteiger partial charge in [0.25, 0.3) is 0 Å². The fourth-order valence-electron chi connectivity index (χ4n) is 3.89. The van der Waals surface area contributed by atoms with Crippen LogP contribution < -0.4 is 4.74 Å². The summed E-state index contributed by atoms with van der Waals surface area (Å²) in [4.78, 5) is 12.4. The quantitative estimate of drug-likeness (QED) is 0.317. The number of fused-ring (bicyclic) bond motifs is 1. The number of benzene rings is 3. The Morgan fingerprint density at radius 3 is 2.25 bits per heavy atom. The molecule has 0 bridgehead atoms. The van der Waals surface area contributed by atoms with Crippen LogP contribution >= 0.6 is 0 Å². The molecule has 2 aromatic heterocycles. The lowest BCUT2D eigenvalue weighted by atomic mass is 10.0. The summed E-state index contributed by atoms with van der Waals surface area (Å²) in [5, 5.41) is 0. The van der Waals surface area contributed by atoms with Crippen LogP contribution in [0.2, 0.25) is 0 Å². The van der Waals surface area contributed by atoms with Crippen molar-refractivity contribution in [2.75, 3.05) is 0 Å². The predicted molar refractivity (Wildman–Crippen MR) is 129 cm³/mol. The Bertz CT molecular complexity index is 1260. The largest absolute Gasteiger partial charge is 0.489 e. The summed E-state index contributed by atoms with van der Waals surface area (Å²) < 4.78 is 6.18. The first-order chi connectivity index (χ1) is 15.8. The standard InChI is InChI=1S/C28H25N3O/c1-3-9-21(10-4-1)13-7-14-23-17-24(27-30-26-15-8-16-29-28(26)31-27)19-25(18-23)32-20-22-11-5-2-6-12-22/h1-6,8-12,15-19H,7,13-14,20H2,(H,29,30,31). The molecule has 0 saturated carbocycles. The van der Waals surface area contributed by atoms with Gasteiger partial charge in [0, 0.05) is 11.8 Å². The van der Waals surface area contributed by atoms with Gasteiger partial charge in [0.1, 0.15) is 18.2 Å². The van der Waals surface area contributed by atoms with Crippen molar-refractivity contribution < 1.29 is 4.74 Å². The van der Waals surface area contributed by atoms with Crippen LogP contribution in [-0.4, -0.2) is 15.0 Å². The summed E-state index contributed by atoms with van der Waals surface area (Å²) in [5.74, 6) is 1.67. The van der Waals surface area contributed by atoms with Crippen molar-refractivity contribution in [2.24, 2.45) is 0 Å². The number of ether oxygens (including phenoxy) is 1. The van der Waals surface area contributed by atoms with Crippen molar-refractivity contribution in [3.63, 3.8) is 0 Å². The highest BCUT2D eigenvalue weighted by Crippen LogP contribution is 2.27. The lowest BCUT2D eigenvalue weighted by Gasteiger charge is -2.11. The van der Waals surface area contributed by atoms with Gasteiger partial charge in [0.05, 0.1) is 5.52 Å². The average Bonchev–Trinajstić information content (AvgIpc) is 3.29. The Morgan fingerprint density at radius 1 is 0.719 bits per heavy atom. The van der Waals surface area contributed by atoms with Gasteiger partial charge < -0.3 is 9.72 Å². The second kappa shape index (κ2) is 9.48.